The number of amides is 1. The predicted octanol–water partition coefficient (Wildman–Crippen LogP) is 2.87. The second-order valence-corrected chi connectivity index (χ2v) is 5.34. The van der Waals surface area contributed by atoms with Gasteiger partial charge < -0.3 is 5.32 Å². The summed E-state index contributed by atoms with van der Waals surface area (Å²) in [6.07, 6.45) is 6.53. The van der Waals surface area contributed by atoms with Crippen LogP contribution in [0.4, 0.5) is 0 Å². The first-order valence-electron chi connectivity index (χ1n) is 6.84. The smallest absolute Gasteiger partial charge is 0.237 e. The molecule has 0 aromatic rings. The van der Waals surface area contributed by atoms with Gasteiger partial charge in [0, 0.05) is 6.54 Å². The van der Waals surface area contributed by atoms with Crippen molar-refractivity contribution in [1.82, 2.24) is 5.32 Å². The van der Waals surface area contributed by atoms with Gasteiger partial charge in [0.1, 0.15) is 5.92 Å². The van der Waals surface area contributed by atoms with Gasteiger partial charge in [-0.1, -0.05) is 33.1 Å². The van der Waals surface area contributed by atoms with Gasteiger partial charge in [-0.15, -0.1) is 0 Å². The largest absolute Gasteiger partial charge is 0.355 e. The van der Waals surface area contributed by atoms with E-state index in [0.717, 1.165) is 18.9 Å². The van der Waals surface area contributed by atoms with E-state index in [9.17, 15) is 4.79 Å². The fourth-order valence-electron chi connectivity index (χ4n) is 2.44. The number of carbonyl (C=O) groups excluding carboxylic acids is 1. The van der Waals surface area contributed by atoms with Gasteiger partial charge in [0.15, 0.2) is 0 Å². The summed E-state index contributed by atoms with van der Waals surface area (Å²) in [4.78, 5) is 11.7. The molecule has 0 aliphatic heterocycles. The summed E-state index contributed by atoms with van der Waals surface area (Å²) >= 11 is 0. The maximum absolute atomic E-state index is 11.7. The summed E-state index contributed by atoms with van der Waals surface area (Å²) < 4.78 is 0. The van der Waals surface area contributed by atoms with Crippen molar-refractivity contribution in [3.05, 3.63) is 0 Å². The Bertz CT molecular complexity index is 274. The van der Waals surface area contributed by atoms with Crippen molar-refractivity contribution in [3.8, 4) is 6.07 Å². The maximum atomic E-state index is 11.7. The van der Waals surface area contributed by atoms with Crippen molar-refractivity contribution in [2.75, 3.05) is 6.54 Å². The molecule has 17 heavy (non-hydrogen) atoms. The van der Waals surface area contributed by atoms with Crippen LogP contribution >= 0.6 is 0 Å². The van der Waals surface area contributed by atoms with E-state index in [-0.39, 0.29) is 5.91 Å². The summed E-state index contributed by atoms with van der Waals surface area (Å²) in [7, 11) is 0. The fourth-order valence-corrected chi connectivity index (χ4v) is 2.44. The summed E-state index contributed by atoms with van der Waals surface area (Å²) in [6.45, 7) is 5.05. The third-order valence-electron chi connectivity index (χ3n) is 3.75. The van der Waals surface area contributed by atoms with E-state index in [1.54, 1.807) is 0 Å². The third kappa shape index (κ3) is 4.77. The van der Waals surface area contributed by atoms with Gasteiger partial charge in [0.05, 0.1) is 6.07 Å². The quantitative estimate of drug-likeness (QED) is 0.798. The van der Waals surface area contributed by atoms with Gasteiger partial charge in [-0.2, -0.15) is 5.26 Å². The average Bonchev–Trinajstić information content (AvgIpc) is 2.35. The van der Waals surface area contributed by atoms with E-state index in [1.165, 1.54) is 25.7 Å². The molecule has 0 heterocycles. The van der Waals surface area contributed by atoms with E-state index in [0.29, 0.717) is 12.3 Å². The molecule has 1 saturated carbocycles. The van der Waals surface area contributed by atoms with E-state index < -0.39 is 5.92 Å². The second-order valence-electron chi connectivity index (χ2n) is 5.34. The minimum absolute atomic E-state index is 0.0760. The van der Waals surface area contributed by atoms with Crippen LogP contribution in [-0.4, -0.2) is 12.5 Å². The van der Waals surface area contributed by atoms with Crippen molar-refractivity contribution < 1.29 is 4.79 Å². The van der Waals surface area contributed by atoms with E-state index in [2.05, 4.69) is 18.3 Å². The van der Waals surface area contributed by atoms with Crippen LogP contribution in [0.2, 0.25) is 0 Å². The van der Waals surface area contributed by atoms with E-state index in [4.69, 9.17) is 5.26 Å². The normalized spacial score (nSPS) is 25.9. The zero-order chi connectivity index (χ0) is 12.7. The topological polar surface area (TPSA) is 52.9 Å². The van der Waals surface area contributed by atoms with Crippen LogP contribution in [-0.2, 0) is 4.79 Å². The number of hydrogen-bond acceptors (Lipinski definition) is 2. The predicted molar refractivity (Wildman–Crippen MR) is 68.1 cm³/mol. The van der Waals surface area contributed by atoms with Crippen LogP contribution in [0.3, 0.4) is 0 Å². The Labute approximate surface area is 105 Å². The van der Waals surface area contributed by atoms with Crippen LogP contribution in [0.15, 0.2) is 0 Å². The van der Waals surface area contributed by atoms with Crippen LogP contribution < -0.4 is 5.32 Å². The highest BCUT2D eigenvalue weighted by atomic mass is 16.1. The number of rotatable bonds is 5. The Balaban J connectivity index is 2.25. The summed E-state index contributed by atoms with van der Waals surface area (Å²) in [6, 6.07) is 2.09. The van der Waals surface area contributed by atoms with Gasteiger partial charge in [-0.25, -0.2) is 0 Å². The van der Waals surface area contributed by atoms with Crippen LogP contribution in [0.1, 0.15) is 52.4 Å². The molecule has 1 aliphatic rings. The first-order valence-corrected chi connectivity index (χ1v) is 6.84. The minimum Gasteiger partial charge on any atom is -0.355 e. The van der Waals surface area contributed by atoms with Crippen molar-refractivity contribution in [3.63, 3.8) is 0 Å². The Morgan fingerprint density at radius 1 is 1.41 bits per heavy atom. The number of hydrogen-bond donors (Lipinski definition) is 1. The van der Waals surface area contributed by atoms with Gasteiger partial charge in [0.2, 0.25) is 5.91 Å². The molecule has 0 bridgehead atoms. The van der Waals surface area contributed by atoms with Crippen LogP contribution in [0.5, 0.6) is 0 Å². The lowest BCUT2D eigenvalue weighted by atomic mass is 9.83. The Kier molecular flexibility index (Phi) is 6.04. The first-order chi connectivity index (χ1) is 8.17. The lowest BCUT2D eigenvalue weighted by Gasteiger charge is -2.26. The highest BCUT2D eigenvalue weighted by Crippen LogP contribution is 2.27. The number of nitrogens with one attached hydrogen (secondary N) is 1. The Hall–Kier alpha value is -1.04. The van der Waals surface area contributed by atoms with Crippen LogP contribution in [0.25, 0.3) is 0 Å². The third-order valence-corrected chi connectivity index (χ3v) is 3.75. The lowest BCUT2D eigenvalue weighted by molar-refractivity contribution is -0.123. The highest BCUT2D eigenvalue weighted by molar-refractivity contribution is 5.80. The van der Waals surface area contributed by atoms with Crippen molar-refractivity contribution >= 4 is 5.91 Å². The molecular formula is C14H24N2O. The summed E-state index contributed by atoms with van der Waals surface area (Å²) in [5.41, 5.74) is 0. The molecular weight excluding hydrogens is 212 g/mol. The molecule has 1 rings (SSSR count). The van der Waals surface area contributed by atoms with E-state index >= 15 is 0 Å². The molecule has 3 nitrogen and oxygen atoms in total. The first kappa shape index (κ1) is 14.0. The molecule has 1 N–H and O–H groups in total. The number of carbonyl (C=O) groups is 1. The molecule has 1 amide bonds. The van der Waals surface area contributed by atoms with Crippen molar-refractivity contribution in [2.24, 2.45) is 17.8 Å². The molecule has 1 atom stereocenters. The molecule has 1 aliphatic carbocycles. The fraction of sp³-hybridized carbons (Fsp3) is 0.857. The maximum Gasteiger partial charge on any atom is 0.237 e. The van der Waals surface area contributed by atoms with Crippen molar-refractivity contribution in [1.29, 1.82) is 5.26 Å². The molecule has 0 aromatic carbocycles. The molecule has 0 spiro atoms. The van der Waals surface area contributed by atoms with Gasteiger partial charge in [-0.05, 0) is 31.1 Å². The standard InChI is InChI=1S/C14H24N2O/c1-3-4-13(9-15)14(17)16-10-12-7-5-11(2)6-8-12/h11-13H,3-8,10H2,1-2H3,(H,16,17). The molecule has 0 radical (unpaired) electrons. The van der Waals surface area contributed by atoms with Crippen LogP contribution in [0, 0.1) is 29.1 Å². The highest BCUT2D eigenvalue weighted by Gasteiger charge is 2.21. The van der Waals surface area contributed by atoms with Gasteiger partial charge in [-0.3, -0.25) is 4.79 Å². The molecule has 0 saturated heterocycles. The monoisotopic (exact) mass is 236 g/mol. The molecule has 1 fully saturated rings. The second kappa shape index (κ2) is 7.32. The Morgan fingerprint density at radius 2 is 2.06 bits per heavy atom. The molecule has 3 heteroatoms. The van der Waals surface area contributed by atoms with Gasteiger partial charge >= 0.3 is 0 Å². The van der Waals surface area contributed by atoms with E-state index in [1.807, 2.05) is 6.92 Å². The zero-order valence-corrected chi connectivity index (χ0v) is 11.0. The zero-order valence-electron chi connectivity index (χ0n) is 11.0. The number of nitrogens with zero attached hydrogens (tertiary/aromatic N) is 1. The van der Waals surface area contributed by atoms with Crippen molar-refractivity contribution in [2.45, 2.75) is 52.4 Å². The molecule has 1 unspecified atom stereocenters. The minimum atomic E-state index is -0.456. The molecule has 96 valence electrons. The number of nitriles is 1. The lowest BCUT2D eigenvalue weighted by Crippen LogP contribution is -2.35. The Morgan fingerprint density at radius 3 is 2.59 bits per heavy atom. The average molecular weight is 236 g/mol. The molecule has 0 aromatic heterocycles. The summed E-state index contributed by atoms with van der Waals surface area (Å²) in [5.74, 6) is 0.931. The SMILES string of the molecule is CCCC(C#N)C(=O)NCC1CCC(C)CC1. The summed E-state index contributed by atoms with van der Waals surface area (Å²) in [5, 5.41) is 11.8. The van der Waals surface area contributed by atoms with Gasteiger partial charge in [0.25, 0.3) is 0 Å².